The van der Waals surface area contributed by atoms with Crippen LogP contribution in [0.2, 0.25) is 0 Å². The van der Waals surface area contributed by atoms with Gasteiger partial charge in [0.05, 0.1) is 0 Å². The molecule has 0 aliphatic carbocycles. The number of aromatic nitrogens is 2. The zero-order valence-corrected chi connectivity index (χ0v) is 9.76. The molecule has 0 fully saturated rings. The number of aromatic hydroxyl groups is 1. The Hall–Kier alpha value is -2.07. The molecular weight excluding hydrogens is 232 g/mol. The first-order chi connectivity index (χ1) is 8.33. The van der Waals surface area contributed by atoms with E-state index >= 15 is 0 Å². The van der Waals surface area contributed by atoms with E-state index < -0.39 is 0 Å². The molecule has 0 spiro atoms. The van der Waals surface area contributed by atoms with Crippen LogP contribution in [0, 0.1) is 0 Å². The van der Waals surface area contributed by atoms with Crippen LogP contribution in [0.3, 0.4) is 0 Å². The van der Waals surface area contributed by atoms with E-state index in [1.165, 1.54) is 0 Å². The molecule has 0 amide bonds. The van der Waals surface area contributed by atoms with E-state index in [0.717, 1.165) is 15.4 Å². The maximum absolute atomic E-state index is 9.45. The van der Waals surface area contributed by atoms with Crippen molar-refractivity contribution in [1.82, 2.24) is 9.78 Å². The fraction of sp³-hybridized carbons (Fsp3) is 0. The maximum atomic E-state index is 9.45. The second kappa shape index (κ2) is 4.07. The summed E-state index contributed by atoms with van der Waals surface area (Å²) in [6.07, 6.45) is 3.67. The number of hydrogen-bond donors (Lipinski definition) is 1. The van der Waals surface area contributed by atoms with E-state index in [-0.39, 0.29) is 5.75 Å². The Morgan fingerprint density at radius 2 is 2.06 bits per heavy atom. The van der Waals surface area contributed by atoms with Gasteiger partial charge in [-0.05, 0) is 35.9 Å². The Labute approximate surface area is 103 Å². The van der Waals surface area contributed by atoms with Crippen molar-refractivity contribution in [2.24, 2.45) is 0 Å². The lowest BCUT2D eigenvalue weighted by molar-refractivity contribution is 0.475. The van der Waals surface area contributed by atoms with E-state index in [1.807, 2.05) is 41.2 Å². The predicted molar refractivity (Wildman–Crippen MR) is 68.5 cm³/mol. The summed E-state index contributed by atoms with van der Waals surface area (Å²) in [6.45, 7) is 0. The molecule has 84 valence electrons. The van der Waals surface area contributed by atoms with Crippen LogP contribution in [0.15, 0.2) is 54.9 Å². The Morgan fingerprint density at radius 3 is 2.82 bits per heavy atom. The molecule has 0 radical (unpaired) electrons. The Kier molecular flexibility index (Phi) is 2.42. The van der Waals surface area contributed by atoms with Gasteiger partial charge in [0.1, 0.15) is 10.8 Å². The minimum Gasteiger partial charge on any atom is -0.508 e. The maximum Gasteiger partial charge on any atom is 0.118 e. The molecule has 2 aromatic heterocycles. The SMILES string of the molecule is Oc1cccc(-c2ccc(-n3cccn3)s2)c1. The number of hydrogen-bond acceptors (Lipinski definition) is 3. The van der Waals surface area contributed by atoms with Crippen molar-refractivity contribution in [3.05, 3.63) is 54.9 Å². The number of phenolic OH excluding ortho intramolecular Hbond substituents is 1. The second-order valence-electron chi connectivity index (χ2n) is 3.64. The fourth-order valence-corrected chi connectivity index (χ4v) is 2.61. The highest BCUT2D eigenvalue weighted by Gasteiger charge is 2.04. The minimum atomic E-state index is 0.288. The van der Waals surface area contributed by atoms with Gasteiger partial charge in [0, 0.05) is 17.3 Å². The van der Waals surface area contributed by atoms with Crippen molar-refractivity contribution in [2.75, 3.05) is 0 Å². The van der Waals surface area contributed by atoms with Crippen LogP contribution in [0.4, 0.5) is 0 Å². The summed E-state index contributed by atoms with van der Waals surface area (Å²) < 4.78 is 1.83. The molecule has 0 atom stereocenters. The molecule has 0 saturated carbocycles. The van der Waals surface area contributed by atoms with Crippen molar-refractivity contribution in [3.8, 4) is 21.2 Å². The smallest absolute Gasteiger partial charge is 0.118 e. The third-order valence-electron chi connectivity index (χ3n) is 2.45. The monoisotopic (exact) mass is 242 g/mol. The van der Waals surface area contributed by atoms with Crippen molar-refractivity contribution < 1.29 is 5.11 Å². The Bertz CT molecular complexity index is 628. The number of rotatable bonds is 2. The molecule has 0 aliphatic rings. The van der Waals surface area contributed by atoms with Crippen LogP contribution in [0.1, 0.15) is 0 Å². The van der Waals surface area contributed by atoms with Gasteiger partial charge in [-0.25, -0.2) is 4.68 Å². The van der Waals surface area contributed by atoms with Gasteiger partial charge in [0.25, 0.3) is 0 Å². The first-order valence-electron chi connectivity index (χ1n) is 5.22. The van der Waals surface area contributed by atoms with Gasteiger partial charge in [-0.2, -0.15) is 5.10 Å². The summed E-state index contributed by atoms with van der Waals surface area (Å²) in [6, 6.07) is 13.2. The summed E-state index contributed by atoms with van der Waals surface area (Å²) in [7, 11) is 0. The zero-order valence-electron chi connectivity index (χ0n) is 8.95. The van der Waals surface area contributed by atoms with Gasteiger partial charge in [-0.15, -0.1) is 11.3 Å². The molecule has 0 unspecified atom stereocenters. The third-order valence-corrected chi connectivity index (χ3v) is 3.58. The lowest BCUT2D eigenvalue weighted by Crippen LogP contribution is -1.88. The van der Waals surface area contributed by atoms with Gasteiger partial charge in [-0.3, -0.25) is 0 Å². The van der Waals surface area contributed by atoms with Crippen LogP contribution in [-0.2, 0) is 0 Å². The van der Waals surface area contributed by atoms with Gasteiger partial charge >= 0.3 is 0 Å². The largest absolute Gasteiger partial charge is 0.508 e. The molecule has 4 heteroatoms. The normalized spacial score (nSPS) is 10.6. The number of phenols is 1. The lowest BCUT2D eigenvalue weighted by Gasteiger charge is -1.98. The van der Waals surface area contributed by atoms with Crippen molar-refractivity contribution in [2.45, 2.75) is 0 Å². The summed E-state index contributed by atoms with van der Waals surface area (Å²) in [5, 5.41) is 14.7. The van der Waals surface area contributed by atoms with Crippen LogP contribution < -0.4 is 0 Å². The summed E-state index contributed by atoms with van der Waals surface area (Å²) >= 11 is 1.64. The topological polar surface area (TPSA) is 38.0 Å². The van der Waals surface area contributed by atoms with Gasteiger partial charge in [-0.1, -0.05) is 12.1 Å². The van der Waals surface area contributed by atoms with E-state index in [0.29, 0.717) is 0 Å². The van der Waals surface area contributed by atoms with Crippen LogP contribution >= 0.6 is 11.3 Å². The van der Waals surface area contributed by atoms with Crippen LogP contribution in [0.25, 0.3) is 15.4 Å². The average Bonchev–Trinajstić information content (AvgIpc) is 3.00. The first kappa shape index (κ1) is 10.1. The highest BCUT2D eigenvalue weighted by Crippen LogP contribution is 2.31. The average molecular weight is 242 g/mol. The molecule has 17 heavy (non-hydrogen) atoms. The standard InChI is InChI=1S/C13H10N2OS/c16-11-4-1-3-10(9-11)12-5-6-13(17-12)15-8-2-7-14-15/h1-9,16H. The van der Waals surface area contributed by atoms with Crippen molar-refractivity contribution >= 4 is 11.3 Å². The van der Waals surface area contributed by atoms with Crippen LogP contribution in [0.5, 0.6) is 5.75 Å². The third kappa shape index (κ3) is 1.94. The molecule has 0 bridgehead atoms. The highest BCUT2D eigenvalue weighted by molar-refractivity contribution is 7.17. The highest BCUT2D eigenvalue weighted by atomic mass is 32.1. The Balaban J connectivity index is 2.01. The van der Waals surface area contributed by atoms with Crippen molar-refractivity contribution in [3.63, 3.8) is 0 Å². The molecule has 3 rings (SSSR count). The van der Waals surface area contributed by atoms with E-state index in [9.17, 15) is 5.11 Å². The van der Waals surface area contributed by atoms with Gasteiger partial charge in [0.15, 0.2) is 0 Å². The Morgan fingerprint density at radius 1 is 1.12 bits per heavy atom. The molecule has 3 nitrogen and oxygen atoms in total. The molecule has 1 aromatic carbocycles. The predicted octanol–water partition coefficient (Wildman–Crippen LogP) is 3.31. The second-order valence-corrected chi connectivity index (χ2v) is 4.70. The quantitative estimate of drug-likeness (QED) is 0.748. The molecule has 2 heterocycles. The fourth-order valence-electron chi connectivity index (χ4n) is 1.66. The molecule has 0 saturated heterocycles. The molecule has 0 aliphatic heterocycles. The summed E-state index contributed by atoms with van der Waals surface area (Å²) in [5.41, 5.74) is 1.02. The van der Waals surface area contributed by atoms with Gasteiger partial charge in [0.2, 0.25) is 0 Å². The number of nitrogens with zero attached hydrogens (tertiary/aromatic N) is 2. The van der Waals surface area contributed by atoms with Crippen LogP contribution in [-0.4, -0.2) is 14.9 Å². The summed E-state index contributed by atoms with van der Waals surface area (Å²) in [5.74, 6) is 0.288. The zero-order chi connectivity index (χ0) is 11.7. The van der Waals surface area contributed by atoms with E-state index in [4.69, 9.17) is 0 Å². The molecular formula is C13H10N2OS. The number of benzene rings is 1. The first-order valence-corrected chi connectivity index (χ1v) is 6.04. The minimum absolute atomic E-state index is 0.288. The molecule has 1 N–H and O–H groups in total. The van der Waals surface area contributed by atoms with Crippen molar-refractivity contribution in [1.29, 1.82) is 0 Å². The number of thiophene rings is 1. The van der Waals surface area contributed by atoms with E-state index in [1.54, 1.807) is 29.7 Å². The lowest BCUT2D eigenvalue weighted by atomic mass is 10.2. The van der Waals surface area contributed by atoms with E-state index in [2.05, 4.69) is 5.10 Å². The van der Waals surface area contributed by atoms with Gasteiger partial charge < -0.3 is 5.11 Å². The molecule has 3 aromatic rings. The summed E-state index contributed by atoms with van der Waals surface area (Å²) in [4.78, 5) is 1.12.